The molecule has 0 unspecified atom stereocenters. The highest BCUT2D eigenvalue weighted by atomic mass is 31.2. The summed E-state index contributed by atoms with van der Waals surface area (Å²) in [5.41, 5.74) is 1.89. The van der Waals surface area contributed by atoms with Gasteiger partial charge in [-0.05, 0) is 43.0 Å². The minimum absolute atomic E-state index is 0.207. The van der Waals surface area contributed by atoms with Gasteiger partial charge in [0.15, 0.2) is 0 Å². The van der Waals surface area contributed by atoms with E-state index in [-0.39, 0.29) is 5.92 Å². The van der Waals surface area contributed by atoms with Crippen molar-refractivity contribution in [3.8, 4) is 11.5 Å². The highest BCUT2D eigenvalue weighted by Crippen LogP contribution is 2.50. The van der Waals surface area contributed by atoms with Crippen LogP contribution in [0.4, 0.5) is 0 Å². The van der Waals surface area contributed by atoms with Crippen molar-refractivity contribution >= 4 is 7.60 Å². The van der Waals surface area contributed by atoms with Crippen LogP contribution >= 0.6 is 7.60 Å². The molecule has 0 radical (unpaired) electrons. The zero-order chi connectivity index (χ0) is 16.2. The van der Waals surface area contributed by atoms with Crippen molar-refractivity contribution in [3.05, 3.63) is 59.7 Å². The molecule has 0 heterocycles. The van der Waals surface area contributed by atoms with Crippen LogP contribution in [0.25, 0.3) is 0 Å². The van der Waals surface area contributed by atoms with Crippen LogP contribution in [0.5, 0.6) is 11.5 Å². The maximum Gasteiger partial charge on any atom is 0.430 e. The lowest BCUT2D eigenvalue weighted by molar-refractivity contribution is 0.377. The Balaban J connectivity index is 2.30. The maximum atomic E-state index is 13.2. The molecule has 22 heavy (non-hydrogen) atoms. The third-order valence-electron chi connectivity index (χ3n) is 3.25. The average molecular weight is 318 g/mol. The van der Waals surface area contributed by atoms with E-state index in [1.54, 1.807) is 0 Å². The van der Waals surface area contributed by atoms with Gasteiger partial charge in [-0.25, -0.2) is 4.57 Å². The molecule has 118 valence electrons. The molecule has 0 aromatic heterocycles. The van der Waals surface area contributed by atoms with E-state index in [2.05, 4.69) is 0 Å². The molecule has 0 spiro atoms. The van der Waals surface area contributed by atoms with Gasteiger partial charge >= 0.3 is 7.60 Å². The lowest BCUT2D eigenvalue weighted by atomic mass is 10.2. The van der Waals surface area contributed by atoms with Crippen LogP contribution in [0.3, 0.4) is 0 Å². The van der Waals surface area contributed by atoms with Crippen molar-refractivity contribution in [2.24, 2.45) is 5.92 Å². The Morgan fingerprint density at radius 1 is 0.864 bits per heavy atom. The molecule has 2 rings (SSSR count). The summed E-state index contributed by atoms with van der Waals surface area (Å²) in [5.74, 6) is 1.43. The third kappa shape index (κ3) is 4.38. The van der Waals surface area contributed by atoms with Crippen LogP contribution in [0.2, 0.25) is 0 Å². The van der Waals surface area contributed by atoms with Crippen LogP contribution in [0, 0.1) is 19.8 Å². The van der Waals surface area contributed by atoms with Gasteiger partial charge < -0.3 is 9.05 Å². The van der Waals surface area contributed by atoms with Gasteiger partial charge in [0.2, 0.25) is 0 Å². The molecular weight excluding hydrogens is 295 g/mol. The molecule has 0 aliphatic carbocycles. The van der Waals surface area contributed by atoms with Gasteiger partial charge in [-0.2, -0.15) is 0 Å². The Morgan fingerprint density at radius 3 is 1.64 bits per heavy atom. The zero-order valence-electron chi connectivity index (χ0n) is 13.6. The molecule has 0 aliphatic rings. The monoisotopic (exact) mass is 318 g/mol. The highest BCUT2D eigenvalue weighted by Gasteiger charge is 2.30. The van der Waals surface area contributed by atoms with Crippen molar-refractivity contribution in [1.29, 1.82) is 0 Å². The normalized spacial score (nSPS) is 11.5. The molecule has 0 saturated carbocycles. The summed E-state index contributed by atoms with van der Waals surface area (Å²) in [5, 5.41) is 0. The number of hydrogen-bond acceptors (Lipinski definition) is 3. The van der Waals surface area contributed by atoms with E-state index >= 15 is 0 Å². The molecule has 3 nitrogen and oxygen atoms in total. The first-order valence-corrected chi connectivity index (χ1v) is 9.22. The van der Waals surface area contributed by atoms with Crippen LogP contribution in [0.1, 0.15) is 25.0 Å². The number of para-hydroxylation sites is 2. The summed E-state index contributed by atoms with van der Waals surface area (Å²) in [7, 11) is -3.27. The Labute approximate surface area is 132 Å². The minimum Gasteiger partial charge on any atom is -0.416 e. The Bertz CT molecular complexity index is 628. The van der Waals surface area contributed by atoms with Crippen LogP contribution in [-0.2, 0) is 4.57 Å². The largest absolute Gasteiger partial charge is 0.430 e. The number of aryl methyl sites for hydroxylation is 2. The van der Waals surface area contributed by atoms with Crippen molar-refractivity contribution < 1.29 is 13.6 Å². The smallest absolute Gasteiger partial charge is 0.416 e. The quantitative estimate of drug-likeness (QED) is 0.649. The molecule has 0 atom stereocenters. The summed E-state index contributed by atoms with van der Waals surface area (Å²) in [6.45, 7) is 7.88. The molecule has 2 aromatic carbocycles. The fourth-order valence-electron chi connectivity index (χ4n) is 2.16. The van der Waals surface area contributed by atoms with E-state index in [9.17, 15) is 4.57 Å². The molecule has 2 aromatic rings. The number of hydrogen-bond donors (Lipinski definition) is 0. The van der Waals surface area contributed by atoms with Crippen molar-refractivity contribution in [1.82, 2.24) is 0 Å². The second kappa shape index (κ2) is 7.02. The van der Waals surface area contributed by atoms with Gasteiger partial charge in [0.25, 0.3) is 0 Å². The lowest BCUT2D eigenvalue weighted by Gasteiger charge is -2.23. The summed E-state index contributed by atoms with van der Waals surface area (Å²) in [4.78, 5) is 0. The Morgan fingerprint density at radius 2 is 1.27 bits per heavy atom. The number of rotatable bonds is 6. The lowest BCUT2D eigenvalue weighted by Crippen LogP contribution is -2.10. The maximum absolute atomic E-state index is 13.2. The van der Waals surface area contributed by atoms with E-state index in [0.717, 1.165) is 11.1 Å². The van der Waals surface area contributed by atoms with Gasteiger partial charge in [0, 0.05) is 0 Å². The van der Waals surface area contributed by atoms with E-state index in [0.29, 0.717) is 17.7 Å². The van der Waals surface area contributed by atoms with E-state index < -0.39 is 7.60 Å². The molecule has 0 saturated heterocycles. The summed E-state index contributed by atoms with van der Waals surface area (Å²) in [6.07, 6.45) is 0.371. The molecule has 0 amide bonds. The Hall–Kier alpha value is -1.73. The minimum atomic E-state index is -3.27. The fourth-order valence-corrected chi connectivity index (χ4v) is 4.25. The van der Waals surface area contributed by atoms with Crippen molar-refractivity contribution in [2.45, 2.75) is 27.7 Å². The predicted octanol–water partition coefficient (Wildman–Crippen LogP) is 5.61. The average Bonchev–Trinajstić information content (AvgIpc) is 2.43. The highest BCUT2D eigenvalue weighted by molar-refractivity contribution is 7.54. The molecule has 4 heteroatoms. The summed E-state index contributed by atoms with van der Waals surface area (Å²) < 4.78 is 24.9. The van der Waals surface area contributed by atoms with Crippen LogP contribution in [0.15, 0.2) is 48.5 Å². The van der Waals surface area contributed by atoms with Crippen molar-refractivity contribution in [3.63, 3.8) is 0 Å². The van der Waals surface area contributed by atoms with Gasteiger partial charge in [-0.3, -0.25) is 0 Å². The van der Waals surface area contributed by atoms with Crippen LogP contribution in [-0.4, -0.2) is 6.16 Å². The van der Waals surface area contributed by atoms with E-state index in [1.165, 1.54) is 0 Å². The first kappa shape index (κ1) is 16.6. The topological polar surface area (TPSA) is 35.5 Å². The third-order valence-corrected chi connectivity index (χ3v) is 5.38. The van der Waals surface area contributed by atoms with E-state index in [4.69, 9.17) is 9.05 Å². The molecular formula is C18H23O3P. The summed E-state index contributed by atoms with van der Waals surface area (Å²) in [6, 6.07) is 15.1. The van der Waals surface area contributed by atoms with Gasteiger partial charge in [-0.15, -0.1) is 0 Å². The zero-order valence-corrected chi connectivity index (χ0v) is 14.5. The van der Waals surface area contributed by atoms with Crippen molar-refractivity contribution in [2.75, 3.05) is 6.16 Å². The van der Waals surface area contributed by atoms with E-state index in [1.807, 2.05) is 76.2 Å². The molecule has 0 aliphatic heterocycles. The Kier molecular flexibility index (Phi) is 5.31. The van der Waals surface area contributed by atoms with Gasteiger partial charge in [-0.1, -0.05) is 50.2 Å². The SMILES string of the molecule is Cc1ccccc1OP(=O)(CC(C)C)Oc1ccccc1C. The standard InChI is InChI=1S/C18H23O3P/c1-14(2)13-22(19,20-17-11-7-5-9-15(17)3)21-18-12-8-6-10-16(18)4/h5-12,14H,13H2,1-4H3. The number of benzene rings is 2. The molecule has 0 bridgehead atoms. The fraction of sp³-hybridized carbons (Fsp3) is 0.333. The van der Waals surface area contributed by atoms with Gasteiger partial charge in [0.05, 0.1) is 6.16 Å². The molecule has 0 N–H and O–H groups in total. The predicted molar refractivity (Wildman–Crippen MR) is 90.9 cm³/mol. The molecule has 0 fully saturated rings. The summed E-state index contributed by atoms with van der Waals surface area (Å²) >= 11 is 0. The van der Waals surface area contributed by atoms with Crippen LogP contribution < -0.4 is 9.05 Å². The second-order valence-electron chi connectivity index (χ2n) is 5.90. The first-order chi connectivity index (χ1) is 10.4. The van der Waals surface area contributed by atoms with Gasteiger partial charge in [0.1, 0.15) is 11.5 Å². The first-order valence-electron chi connectivity index (χ1n) is 7.49. The second-order valence-corrected chi connectivity index (χ2v) is 7.85.